The highest BCUT2D eigenvalue weighted by molar-refractivity contribution is 6.35. The number of imidazole rings is 1. The summed E-state index contributed by atoms with van der Waals surface area (Å²) in [7, 11) is 0. The number of benzene rings is 4. The maximum atomic E-state index is 14.9. The maximum Gasteiger partial charge on any atom is 0.278 e. The molecule has 2 atom stereocenters. The molecule has 0 aliphatic carbocycles. The number of hydrogen-bond donors (Lipinski definition) is 2. The van der Waals surface area contributed by atoms with Crippen LogP contribution in [-0.2, 0) is 23.6 Å². The van der Waals surface area contributed by atoms with Crippen molar-refractivity contribution in [3.8, 4) is 11.5 Å². The molecule has 9 rings (SSSR count). The van der Waals surface area contributed by atoms with Crippen LogP contribution in [0.25, 0.3) is 27.5 Å². The van der Waals surface area contributed by atoms with Crippen molar-refractivity contribution in [2.75, 3.05) is 25.0 Å². The zero-order chi connectivity index (χ0) is 36.4. The third kappa shape index (κ3) is 6.21. The first-order valence-corrected chi connectivity index (χ1v) is 18.3. The fourth-order valence-corrected chi connectivity index (χ4v) is 7.83. The largest absolute Gasteiger partial charge is 0.444 e. The highest BCUT2D eigenvalue weighted by atomic mass is 35.5. The third-order valence-corrected chi connectivity index (χ3v) is 10.9. The highest BCUT2D eigenvalue weighted by Crippen LogP contribution is 2.49. The second-order valence-electron chi connectivity index (χ2n) is 13.9. The number of halogens is 3. The molecule has 53 heavy (non-hydrogen) atoms. The number of aromatic nitrogens is 4. The molecule has 2 aromatic heterocycles. The normalized spacial score (nSPS) is 19.8. The van der Waals surface area contributed by atoms with Crippen LogP contribution in [0.1, 0.15) is 52.8 Å². The first-order valence-electron chi connectivity index (χ1n) is 17.6. The van der Waals surface area contributed by atoms with Crippen LogP contribution in [-0.4, -0.2) is 56.4 Å². The Bertz CT molecular complexity index is 2480. The minimum atomic E-state index is -1.32. The summed E-state index contributed by atoms with van der Waals surface area (Å²) >= 11 is 12.5. The van der Waals surface area contributed by atoms with Crippen LogP contribution in [0.5, 0.6) is 11.5 Å². The summed E-state index contributed by atoms with van der Waals surface area (Å²) in [5.74, 6) is 0.0263. The van der Waals surface area contributed by atoms with Gasteiger partial charge in [-0.05, 0) is 79.9 Å². The summed E-state index contributed by atoms with van der Waals surface area (Å²) in [4.78, 5) is 20.9. The molecule has 270 valence electrons. The number of amides is 1. The molecular formula is C40H35Cl2FN6O4. The molecule has 0 bridgehead atoms. The van der Waals surface area contributed by atoms with Crippen molar-refractivity contribution in [1.82, 2.24) is 24.6 Å². The first-order chi connectivity index (χ1) is 25.6. The van der Waals surface area contributed by atoms with Crippen LogP contribution in [0, 0.1) is 12.7 Å². The molecule has 1 saturated heterocycles. The Morgan fingerprint density at radius 3 is 2.75 bits per heavy atom. The number of aromatic amines is 1. The zero-order valence-corrected chi connectivity index (χ0v) is 30.5. The molecular weight excluding hydrogens is 718 g/mol. The van der Waals surface area contributed by atoms with Gasteiger partial charge in [-0.2, -0.15) is 5.10 Å². The Morgan fingerprint density at radius 2 is 1.98 bits per heavy atom. The minimum absolute atomic E-state index is 0.127. The van der Waals surface area contributed by atoms with Gasteiger partial charge in [0, 0.05) is 53.8 Å². The van der Waals surface area contributed by atoms with Crippen LogP contribution in [0.2, 0.25) is 10.0 Å². The van der Waals surface area contributed by atoms with Crippen LogP contribution in [0.4, 0.5) is 10.1 Å². The van der Waals surface area contributed by atoms with Crippen molar-refractivity contribution in [2.24, 2.45) is 0 Å². The van der Waals surface area contributed by atoms with Crippen LogP contribution >= 0.6 is 23.2 Å². The summed E-state index contributed by atoms with van der Waals surface area (Å²) in [6.45, 7) is 7.16. The van der Waals surface area contributed by atoms with Gasteiger partial charge >= 0.3 is 0 Å². The van der Waals surface area contributed by atoms with Gasteiger partial charge < -0.3 is 24.1 Å². The number of carbonyl (C=O) groups excluding carboxylic acids is 1. The van der Waals surface area contributed by atoms with Crippen molar-refractivity contribution in [1.29, 1.82) is 0 Å². The number of hydrogen-bond acceptors (Lipinski definition) is 7. The number of nitrogens with zero attached hydrogens (tertiary/aromatic N) is 4. The number of nitrogens with one attached hydrogen (secondary N) is 2. The van der Waals surface area contributed by atoms with Gasteiger partial charge in [0.2, 0.25) is 0 Å². The molecule has 3 aliphatic heterocycles. The summed E-state index contributed by atoms with van der Waals surface area (Å²) in [6, 6.07) is 19.5. The molecule has 1 amide bonds. The Labute approximate surface area is 314 Å². The number of H-pyrrole nitrogens is 1. The fraction of sp³-hybridized carbons (Fsp3) is 0.275. The summed E-state index contributed by atoms with van der Waals surface area (Å²) in [6.07, 6.45) is 4.11. The van der Waals surface area contributed by atoms with Crippen molar-refractivity contribution in [3.63, 3.8) is 0 Å². The molecule has 2 unspecified atom stereocenters. The van der Waals surface area contributed by atoms with E-state index in [9.17, 15) is 9.18 Å². The molecule has 0 spiro atoms. The summed E-state index contributed by atoms with van der Waals surface area (Å²) in [5, 5.41) is 11.8. The molecule has 13 heteroatoms. The maximum absolute atomic E-state index is 14.9. The lowest BCUT2D eigenvalue weighted by Crippen LogP contribution is -2.33. The van der Waals surface area contributed by atoms with Gasteiger partial charge in [0.05, 0.1) is 52.0 Å². The topological polar surface area (TPSA) is 107 Å². The minimum Gasteiger partial charge on any atom is -0.444 e. The first kappa shape index (κ1) is 33.9. The molecule has 2 N–H and O–H groups in total. The van der Waals surface area contributed by atoms with E-state index in [1.165, 1.54) is 6.07 Å². The van der Waals surface area contributed by atoms with Gasteiger partial charge in [0.15, 0.2) is 11.5 Å². The van der Waals surface area contributed by atoms with Gasteiger partial charge in [-0.3, -0.25) is 14.8 Å². The number of carbonyl (C=O) groups is 1. The smallest absolute Gasteiger partial charge is 0.278 e. The molecule has 0 saturated carbocycles. The lowest BCUT2D eigenvalue weighted by Gasteiger charge is -2.29. The van der Waals surface area contributed by atoms with Crippen molar-refractivity contribution in [3.05, 3.63) is 117 Å². The second kappa shape index (κ2) is 13.2. The van der Waals surface area contributed by atoms with Crippen molar-refractivity contribution < 1.29 is 23.4 Å². The summed E-state index contributed by atoms with van der Waals surface area (Å²) in [5.41, 5.74) is 6.68. The molecule has 6 aromatic rings. The van der Waals surface area contributed by atoms with Crippen molar-refractivity contribution >= 4 is 62.3 Å². The number of para-hydroxylation sites is 1. The van der Waals surface area contributed by atoms with E-state index in [0.29, 0.717) is 52.4 Å². The summed E-state index contributed by atoms with van der Waals surface area (Å²) < 4.78 is 35.5. The predicted molar refractivity (Wildman–Crippen MR) is 202 cm³/mol. The van der Waals surface area contributed by atoms with Gasteiger partial charge in [-0.25, -0.2) is 9.37 Å². The van der Waals surface area contributed by atoms with E-state index in [1.54, 1.807) is 25.1 Å². The highest BCUT2D eigenvalue weighted by Gasteiger charge is 2.42. The molecule has 5 heterocycles. The Kier molecular flexibility index (Phi) is 8.42. The SMILES string of the molecule is Cc1n[nH]c2c(Cl)cc(NC(=O)c3ccc4c(c3)nc(CN3CC=C(c5cccc6c5OC(C)(c5ccc(Cl)cc5F)O6)CC3)n4CC3CCO3)cc12. The van der Waals surface area contributed by atoms with E-state index in [2.05, 4.69) is 31.1 Å². The number of fused-ring (bicyclic) bond motifs is 3. The number of ether oxygens (including phenoxy) is 3. The average Bonchev–Trinajstić information content (AvgIpc) is 3.78. The Balaban J connectivity index is 0.941. The van der Waals surface area contributed by atoms with E-state index in [0.717, 1.165) is 70.6 Å². The van der Waals surface area contributed by atoms with Gasteiger partial charge in [-0.15, -0.1) is 0 Å². The van der Waals surface area contributed by atoms with Crippen molar-refractivity contribution in [2.45, 2.75) is 51.7 Å². The fourth-order valence-electron chi connectivity index (χ4n) is 7.41. The Morgan fingerprint density at radius 1 is 1.11 bits per heavy atom. The standard InChI is InChI=1S/C40H35Cl2FN6O4/c1-22-29-18-26(19-31(42)37(29)47-46-22)44-39(50)24-6-9-34-33(16-24)45-36(49(34)20-27-12-15-51-27)21-48-13-10-23(11-14-48)28-4-3-5-35-38(28)53-40(2,52-35)30-8-7-25(41)17-32(30)43/h3-10,16-19,27H,11-15,20-21H2,1-2H3,(H,44,50)(H,46,47). The van der Waals surface area contributed by atoms with E-state index in [-0.39, 0.29) is 17.6 Å². The third-order valence-electron chi connectivity index (χ3n) is 10.3. The lowest BCUT2D eigenvalue weighted by molar-refractivity contribution is -0.0708. The van der Waals surface area contributed by atoms with Gasteiger partial charge in [-0.1, -0.05) is 41.4 Å². The van der Waals surface area contributed by atoms with E-state index >= 15 is 0 Å². The van der Waals surface area contributed by atoms with Gasteiger partial charge in [0.1, 0.15) is 11.6 Å². The van der Waals surface area contributed by atoms with Crippen LogP contribution in [0.3, 0.4) is 0 Å². The molecule has 4 aromatic carbocycles. The van der Waals surface area contributed by atoms with Crippen LogP contribution < -0.4 is 14.8 Å². The average molecular weight is 754 g/mol. The quantitative estimate of drug-likeness (QED) is 0.160. The van der Waals surface area contributed by atoms with Crippen LogP contribution in [0.15, 0.2) is 72.8 Å². The van der Waals surface area contributed by atoms with Gasteiger partial charge in [0.25, 0.3) is 11.7 Å². The van der Waals surface area contributed by atoms with E-state index in [4.69, 9.17) is 42.4 Å². The number of aryl methyl sites for hydroxylation is 1. The predicted octanol–water partition coefficient (Wildman–Crippen LogP) is 8.64. The lowest BCUT2D eigenvalue weighted by atomic mass is 9.98. The number of rotatable bonds is 8. The second-order valence-corrected chi connectivity index (χ2v) is 14.7. The van der Waals surface area contributed by atoms with E-state index in [1.807, 2.05) is 49.4 Å². The zero-order valence-electron chi connectivity index (χ0n) is 29.0. The molecule has 1 fully saturated rings. The van der Waals surface area contributed by atoms with E-state index < -0.39 is 11.6 Å². The monoisotopic (exact) mass is 752 g/mol. The molecule has 10 nitrogen and oxygen atoms in total. The number of anilines is 1. The Hall–Kier alpha value is -4.94. The molecule has 3 aliphatic rings. The molecule has 0 radical (unpaired) electrons.